The van der Waals surface area contributed by atoms with E-state index in [4.69, 9.17) is 4.74 Å². The highest BCUT2D eigenvalue weighted by Gasteiger charge is 2.45. The number of ketones is 1. The van der Waals surface area contributed by atoms with E-state index in [-0.39, 0.29) is 34.9 Å². The summed E-state index contributed by atoms with van der Waals surface area (Å²) in [4.78, 5) is 29.5. The SMILES string of the molecule is CN(C)CCN1C(=O)C(=O)C(=C(O)c2ccc(S(=O)(=O)N3CCOCC3)cc2)[C@@H]1c1ccccc1. The minimum absolute atomic E-state index is 0.0104. The molecule has 35 heavy (non-hydrogen) atoms. The number of likely N-dealkylation sites (N-methyl/N-ethyl adjacent to an activating group) is 1. The van der Waals surface area contributed by atoms with E-state index in [1.807, 2.05) is 49.3 Å². The molecule has 10 heteroatoms. The summed E-state index contributed by atoms with van der Waals surface area (Å²) in [7, 11) is 0.0519. The zero-order valence-corrected chi connectivity index (χ0v) is 20.6. The van der Waals surface area contributed by atoms with Crippen molar-refractivity contribution in [1.82, 2.24) is 14.1 Å². The average molecular weight is 500 g/mol. The number of carbonyl (C=O) groups is 2. The third-order valence-corrected chi connectivity index (χ3v) is 8.09. The van der Waals surface area contributed by atoms with Crippen LogP contribution < -0.4 is 0 Å². The van der Waals surface area contributed by atoms with Gasteiger partial charge >= 0.3 is 0 Å². The first kappa shape index (κ1) is 25.1. The average Bonchev–Trinajstić information content (AvgIpc) is 3.13. The zero-order valence-electron chi connectivity index (χ0n) is 19.8. The molecule has 1 N–H and O–H groups in total. The first-order valence-electron chi connectivity index (χ1n) is 11.4. The van der Waals surface area contributed by atoms with Gasteiger partial charge in [0.2, 0.25) is 10.0 Å². The van der Waals surface area contributed by atoms with Gasteiger partial charge in [0, 0.05) is 31.7 Å². The molecule has 2 aliphatic rings. The summed E-state index contributed by atoms with van der Waals surface area (Å²) in [5, 5.41) is 11.2. The Morgan fingerprint density at radius 1 is 1.03 bits per heavy atom. The number of rotatable bonds is 7. The van der Waals surface area contributed by atoms with Crippen molar-refractivity contribution in [2.45, 2.75) is 10.9 Å². The van der Waals surface area contributed by atoms with E-state index in [1.165, 1.54) is 33.5 Å². The van der Waals surface area contributed by atoms with Gasteiger partial charge in [0.1, 0.15) is 5.76 Å². The van der Waals surface area contributed by atoms with Crippen molar-refractivity contribution in [2.75, 3.05) is 53.5 Å². The summed E-state index contributed by atoms with van der Waals surface area (Å²) in [6.07, 6.45) is 0. The second kappa shape index (κ2) is 10.3. The fraction of sp³-hybridized carbons (Fsp3) is 0.360. The van der Waals surface area contributed by atoms with E-state index < -0.39 is 27.8 Å². The quantitative estimate of drug-likeness (QED) is 0.351. The lowest BCUT2D eigenvalue weighted by Gasteiger charge is -2.26. The minimum Gasteiger partial charge on any atom is -0.507 e. The molecule has 0 spiro atoms. The Hall–Kier alpha value is -3.05. The summed E-state index contributed by atoms with van der Waals surface area (Å²) >= 11 is 0. The fourth-order valence-electron chi connectivity index (χ4n) is 4.28. The largest absolute Gasteiger partial charge is 0.507 e. The Morgan fingerprint density at radius 2 is 1.66 bits per heavy atom. The molecule has 2 aromatic carbocycles. The number of Topliss-reactive ketones (excluding diaryl/α,β-unsaturated/α-hetero) is 1. The Balaban J connectivity index is 1.71. The summed E-state index contributed by atoms with van der Waals surface area (Å²) in [6, 6.07) is 14.1. The Kier molecular flexibility index (Phi) is 7.36. The number of likely N-dealkylation sites (tertiary alicyclic amines) is 1. The van der Waals surface area contributed by atoms with E-state index in [0.29, 0.717) is 31.9 Å². The maximum atomic E-state index is 13.1. The Bertz CT molecular complexity index is 1220. The van der Waals surface area contributed by atoms with Crippen LogP contribution in [0, 0.1) is 0 Å². The lowest BCUT2D eigenvalue weighted by atomic mass is 9.95. The van der Waals surface area contributed by atoms with Crippen LogP contribution in [0.1, 0.15) is 17.2 Å². The van der Waals surface area contributed by atoms with E-state index in [2.05, 4.69) is 0 Å². The number of amides is 1. The lowest BCUT2D eigenvalue weighted by molar-refractivity contribution is -0.140. The van der Waals surface area contributed by atoms with Crippen molar-refractivity contribution in [3.8, 4) is 0 Å². The normalized spacial score (nSPS) is 21.1. The number of aliphatic hydroxyl groups is 1. The minimum atomic E-state index is -3.70. The first-order valence-corrected chi connectivity index (χ1v) is 12.8. The predicted octanol–water partition coefficient (Wildman–Crippen LogP) is 1.69. The lowest BCUT2D eigenvalue weighted by Crippen LogP contribution is -2.40. The van der Waals surface area contributed by atoms with Gasteiger partial charge in [0.25, 0.3) is 11.7 Å². The maximum Gasteiger partial charge on any atom is 0.295 e. The molecule has 0 unspecified atom stereocenters. The molecule has 0 bridgehead atoms. The third kappa shape index (κ3) is 5.01. The van der Waals surface area contributed by atoms with Crippen molar-refractivity contribution in [3.63, 3.8) is 0 Å². The molecule has 186 valence electrons. The van der Waals surface area contributed by atoms with Crippen LogP contribution >= 0.6 is 0 Å². The molecule has 2 saturated heterocycles. The Morgan fingerprint density at radius 3 is 2.26 bits per heavy atom. The van der Waals surface area contributed by atoms with Crippen molar-refractivity contribution in [3.05, 3.63) is 71.3 Å². The molecule has 0 saturated carbocycles. The van der Waals surface area contributed by atoms with Crippen LogP contribution in [-0.2, 0) is 24.3 Å². The number of nitrogens with zero attached hydrogens (tertiary/aromatic N) is 3. The fourth-order valence-corrected chi connectivity index (χ4v) is 5.68. The second-order valence-electron chi connectivity index (χ2n) is 8.75. The summed E-state index contributed by atoms with van der Waals surface area (Å²) in [6.45, 7) is 2.08. The number of sulfonamides is 1. The molecule has 2 fully saturated rings. The van der Waals surface area contributed by atoms with E-state index >= 15 is 0 Å². The molecule has 0 aliphatic carbocycles. The number of carbonyl (C=O) groups excluding carboxylic acids is 2. The third-order valence-electron chi connectivity index (χ3n) is 6.18. The number of ether oxygens (including phenoxy) is 1. The molecular formula is C25H29N3O6S. The van der Waals surface area contributed by atoms with Crippen LogP contribution in [0.3, 0.4) is 0 Å². The zero-order chi connectivity index (χ0) is 25.2. The van der Waals surface area contributed by atoms with Crippen molar-refractivity contribution < 1.29 is 27.9 Å². The van der Waals surface area contributed by atoms with Gasteiger partial charge in [-0.3, -0.25) is 9.59 Å². The van der Waals surface area contributed by atoms with Crippen LogP contribution in [0.2, 0.25) is 0 Å². The number of morpholine rings is 1. The molecule has 0 aromatic heterocycles. The van der Waals surface area contributed by atoms with Crippen LogP contribution in [-0.4, -0.2) is 92.8 Å². The van der Waals surface area contributed by atoms with Crippen LogP contribution in [0.4, 0.5) is 0 Å². The number of benzene rings is 2. The molecule has 2 aromatic rings. The number of hydrogen-bond acceptors (Lipinski definition) is 7. The van der Waals surface area contributed by atoms with Gasteiger partial charge < -0.3 is 19.6 Å². The molecule has 1 atom stereocenters. The predicted molar refractivity (Wildman–Crippen MR) is 130 cm³/mol. The van der Waals surface area contributed by atoms with Gasteiger partial charge in [0.05, 0.1) is 29.7 Å². The van der Waals surface area contributed by atoms with Crippen molar-refractivity contribution in [1.29, 1.82) is 0 Å². The smallest absolute Gasteiger partial charge is 0.295 e. The number of hydrogen-bond donors (Lipinski definition) is 1. The van der Waals surface area contributed by atoms with E-state index in [1.54, 1.807) is 0 Å². The standard InChI is InChI=1S/C25H29N3O6S/c1-26(2)12-13-28-22(18-6-4-3-5-7-18)21(24(30)25(28)31)23(29)19-8-10-20(11-9-19)35(32,33)27-14-16-34-17-15-27/h3-11,22,29H,12-17H2,1-2H3/t22-/m0/s1. The summed E-state index contributed by atoms with van der Waals surface area (Å²) in [5.41, 5.74) is 0.958. The van der Waals surface area contributed by atoms with Gasteiger partial charge in [-0.05, 0) is 43.9 Å². The number of aliphatic hydroxyl groups excluding tert-OH is 1. The van der Waals surface area contributed by atoms with Gasteiger partial charge in [-0.25, -0.2) is 8.42 Å². The molecule has 4 rings (SSSR count). The van der Waals surface area contributed by atoms with Crippen LogP contribution in [0.5, 0.6) is 0 Å². The molecule has 0 radical (unpaired) electrons. The van der Waals surface area contributed by atoms with Crippen LogP contribution in [0.15, 0.2) is 65.1 Å². The van der Waals surface area contributed by atoms with Crippen molar-refractivity contribution >= 4 is 27.5 Å². The van der Waals surface area contributed by atoms with E-state index in [9.17, 15) is 23.1 Å². The molecule has 2 heterocycles. The van der Waals surface area contributed by atoms with Gasteiger partial charge in [0.15, 0.2) is 0 Å². The molecule has 9 nitrogen and oxygen atoms in total. The highest BCUT2D eigenvalue weighted by molar-refractivity contribution is 7.89. The molecule has 1 amide bonds. The Labute approximate surface area is 205 Å². The van der Waals surface area contributed by atoms with Gasteiger partial charge in [-0.1, -0.05) is 30.3 Å². The summed E-state index contributed by atoms with van der Waals surface area (Å²) in [5.74, 6) is -1.77. The highest BCUT2D eigenvalue weighted by Crippen LogP contribution is 2.39. The summed E-state index contributed by atoms with van der Waals surface area (Å²) < 4.78 is 32.4. The topological polar surface area (TPSA) is 107 Å². The first-order chi connectivity index (χ1) is 16.7. The maximum absolute atomic E-state index is 13.1. The molecular weight excluding hydrogens is 470 g/mol. The van der Waals surface area contributed by atoms with Crippen molar-refractivity contribution in [2.24, 2.45) is 0 Å². The monoisotopic (exact) mass is 499 g/mol. The van der Waals surface area contributed by atoms with Gasteiger partial charge in [-0.15, -0.1) is 0 Å². The van der Waals surface area contributed by atoms with E-state index in [0.717, 1.165) is 0 Å². The van der Waals surface area contributed by atoms with Crippen LogP contribution in [0.25, 0.3) is 5.76 Å². The second-order valence-corrected chi connectivity index (χ2v) is 10.7. The highest BCUT2D eigenvalue weighted by atomic mass is 32.2. The molecule has 2 aliphatic heterocycles. The van der Waals surface area contributed by atoms with Gasteiger partial charge in [-0.2, -0.15) is 4.31 Å².